The fourth-order valence-corrected chi connectivity index (χ4v) is 1.66. The van der Waals surface area contributed by atoms with E-state index in [4.69, 9.17) is 10.5 Å². The summed E-state index contributed by atoms with van der Waals surface area (Å²) in [5, 5.41) is 0. The van der Waals surface area contributed by atoms with E-state index in [2.05, 4.69) is 4.98 Å². The van der Waals surface area contributed by atoms with Crippen molar-refractivity contribution in [2.24, 2.45) is 5.73 Å². The predicted octanol–water partition coefficient (Wildman–Crippen LogP) is 2.36. The van der Waals surface area contributed by atoms with Crippen molar-refractivity contribution in [3.8, 4) is 17.0 Å². The number of benzene rings is 1. The van der Waals surface area contributed by atoms with Crippen molar-refractivity contribution < 1.29 is 9.13 Å². The molecule has 2 rings (SSSR count). The second-order valence-corrected chi connectivity index (χ2v) is 3.56. The van der Waals surface area contributed by atoms with Crippen LogP contribution in [-0.4, -0.2) is 12.1 Å². The number of aromatic nitrogens is 1. The fraction of sp³-hybridized carbons (Fsp3) is 0.154. The van der Waals surface area contributed by atoms with Crippen molar-refractivity contribution >= 4 is 0 Å². The number of methoxy groups -OCH3 is 1. The number of halogens is 1. The number of hydrogen-bond donors (Lipinski definition) is 1. The molecule has 2 aromatic rings. The van der Waals surface area contributed by atoms with E-state index in [1.807, 2.05) is 6.07 Å². The van der Waals surface area contributed by atoms with Gasteiger partial charge in [0.15, 0.2) is 0 Å². The molecule has 0 unspecified atom stereocenters. The molecule has 0 atom stereocenters. The highest BCUT2D eigenvalue weighted by Crippen LogP contribution is 2.28. The van der Waals surface area contributed by atoms with E-state index in [1.165, 1.54) is 6.07 Å². The van der Waals surface area contributed by atoms with Gasteiger partial charge in [-0.2, -0.15) is 0 Å². The molecule has 0 amide bonds. The lowest BCUT2D eigenvalue weighted by Crippen LogP contribution is -2.01. The molecule has 4 heteroatoms. The van der Waals surface area contributed by atoms with E-state index in [0.29, 0.717) is 23.6 Å². The van der Waals surface area contributed by atoms with Crippen LogP contribution in [0.15, 0.2) is 36.5 Å². The second kappa shape index (κ2) is 4.93. The monoisotopic (exact) mass is 232 g/mol. The molecule has 0 saturated carbocycles. The third-order valence-electron chi connectivity index (χ3n) is 2.55. The van der Waals surface area contributed by atoms with Crippen molar-refractivity contribution in [2.75, 3.05) is 7.11 Å². The van der Waals surface area contributed by atoms with Gasteiger partial charge in [-0.05, 0) is 29.8 Å². The Balaban J connectivity index is 2.60. The average molecular weight is 232 g/mol. The summed E-state index contributed by atoms with van der Waals surface area (Å²) in [6, 6.07) is 8.30. The number of ether oxygens (including phenoxy) is 1. The summed E-state index contributed by atoms with van der Waals surface area (Å²) in [6.07, 6.45) is 1.55. The smallest absolute Gasteiger partial charge is 0.149 e. The standard InChI is InChI=1S/C13H13FN2O/c1-17-10-5-4-9(8-15)11(7-10)13-12(14)3-2-6-16-13/h2-7H,8,15H2,1H3. The van der Waals surface area contributed by atoms with Gasteiger partial charge in [-0.15, -0.1) is 0 Å². The summed E-state index contributed by atoms with van der Waals surface area (Å²) >= 11 is 0. The first kappa shape index (κ1) is 11.5. The summed E-state index contributed by atoms with van der Waals surface area (Å²) in [5.74, 6) is 0.290. The Labute approximate surface area is 99.1 Å². The Morgan fingerprint density at radius 1 is 1.35 bits per heavy atom. The topological polar surface area (TPSA) is 48.1 Å². The van der Waals surface area contributed by atoms with Crippen molar-refractivity contribution in [3.63, 3.8) is 0 Å². The molecule has 0 aliphatic carbocycles. The van der Waals surface area contributed by atoms with E-state index in [1.54, 1.807) is 31.5 Å². The van der Waals surface area contributed by atoms with Crippen LogP contribution in [0.1, 0.15) is 5.56 Å². The van der Waals surface area contributed by atoms with E-state index < -0.39 is 0 Å². The Kier molecular flexibility index (Phi) is 3.35. The second-order valence-electron chi connectivity index (χ2n) is 3.56. The third kappa shape index (κ3) is 2.26. The summed E-state index contributed by atoms with van der Waals surface area (Å²) in [6.45, 7) is 0.329. The first-order valence-corrected chi connectivity index (χ1v) is 5.24. The number of pyridine rings is 1. The van der Waals surface area contributed by atoms with Crippen molar-refractivity contribution in [1.29, 1.82) is 0 Å². The highest BCUT2D eigenvalue weighted by Gasteiger charge is 2.11. The fourth-order valence-electron chi connectivity index (χ4n) is 1.66. The van der Waals surface area contributed by atoms with Crippen molar-refractivity contribution in [3.05, 3.63) is 47.9 Å². The predicted molar refractivity (Wildman–Crippen MR) is 64.1 cm³/mol. The van der Waals surface area contributed by atoms with Crippen molar-refractivity contribution in [2.45, 2.75) is 6.54 Å². The molecule has 3 nitrogen and oxygen atoms in total. The van der Waals surface area contributed by atoms with Gasteiger partial charge < -0.3 is 10.5 Å². The first-order chi connectivity index (χ1) is 8.26. The molecule has 0 bridgehead atoms. The van der Waals surface area contributed by atoms with Crippen LogP contribution in [0.2, 0.25) is 0 Å². The number of nitrogens with zero attached hydrogens (tertiary/aromatic N) is 1. The molecule has 0 aliphatic heterocycles. The summed E-state index contributed by atoms with van der Waals surface area (Å²) in [4.78, 5) is 4.05. The lowest BCUT2D eigenvalue weighted by atomic mass is 10.0. The normalized spacial score (nSPS) is 10.3. The Bertz CT molecular complexity index is 529. The molecular formula is C13H13FN2O. The van der Waals surface area contributed by atoms with Crippen LogP contribution in [0.5, 0.6) is 5.75 Å². The molecule has 1 aromatic heterocycles. The van der Waals surface area contributed by atoms with Gasteiger partial charge >= 0.3 is 0 Å². The van der Waals surface area contributed by atoms with Gasteiger partial charge in [-0.25, -0.2) is 4.39 Å². The largest absolute Gasteiger partial charge is 0.497 e. The van der Waals surface area contributed by atoms with Crippen LogP contribution in [0.25, 0.3) is 11.3 Å². The zero-order valence-corrected chi connectivity index (χ0v) is 9.48. The van der Waals surface area contributed by atoms with Gasteiger partial charge in [-0.1, -0.05) is 6.07 Å². The van der Waals surface area contributed by atoms with Crippen LogP contribution in [0.3, 0.4) is 0 Å². The summed E-state index contributed by atoms with van der Waals surface area (Å²) in [7, 11) is 1.57. The molecule has 0 saturated heterocycles. The van der Waals surface area contributed by atoms with Crippen LogP contribution in [0, 0.1) is 5.82 Å². The zero-order valence-electron chi connectivity index (χ0n) is 9.48. The Hall–Kier alpha value is -1.94. The zero-order chi connectivity index (χ0) is 12.3. The third-order valence-corrected chi connectivity index (χ3v) is 2.55. The molecule has 88 valence electrons. The minimum atomic E-state index is -0.365. The Morgan fingerprint density at radius 3 is 2.82 bits per heavy atom. The van der Waals surface area contributed by atoms with Gasteiger partial charge in [0, 0.05) is 18.3 Å². The average Bonchev–Trinajstić information content (AvgIpc) is 2.38. The summed E-state index contributed by atoms with van der Waals surface area (Å²) in [5.41, 5.74) is 7.44. The van der Waals surface area contributed by atoms with Gasteiger partial charge in [-0.3, -0.25) is 4.98 Å². The lowest BCUT2D eigenvalue weighted by Gasteiger charge is -2.10. The SMILES string of the molecule is COc1ccc(CN)c(-c2ncccc2F)c1. The molecule has 1 heterocycles. The molecule has 0 fully saturated rings. The quantitative estimate of drug-likeness (QED) is 0.883. The molecular weight excluding hydrogens is 219 g/mol. The van der Waals surface area contributed by atoms with E-state index in [9.17, 15) is 4.39 Å². The van der Waals surface area contributed by atoms with Gasteiger partial charge in [0.1, 0.15) is 17.3 Å². The number of hydrogen-bond acceptors (Lipinski definition) is 3. The number of nitrogens with two attached hydrogens (primary N) is 1. The van der Waals surface area contributed by atoms with E-state index in [0.717, 1.165) is 5.56 Å². The maximum atomic E-state index is 13.7. The number of rotatable bonds is 3. The first-order valence-electron chi connectivity index (χ1n) is 5.24. The minimum Gasteiger partial charge on any atom is -0.497 e. The summed E-state index contributed by atoms with van der Waals surface area (Å²) < 4.78 is 18.8. The molecule has 17 heavy (non-hydrogen) atoms. The maximum absolute atomic E-state index is 13.7. The molecule has 0 radical (unpaired) electrons. The highest BCUT2D eigenvalue weighted by molar-refractivity contribution is 5.66. The van der Waals surface area contributed by atoms with Crippen LogP contribution >= 0.6 is 0 Å². The minimum absolute atomic E-state index is 0.298. The van der Waals surface area contributed by atoms with Gasteiger partial charge in [0.2, 0.25) is 0 Å². The molecule has 1 aromatic carbocycles. The van der Waals surface area contributed by atoms with E-state index >= 15 is 0 Å². The van der Waals surface area contributed by atoms with Gasteiger partial charge in [0.05, 0.1) is 7.11 Å². The van der Waals surface area contributed by atoms with E-state index in [-0.39, 0.29) is 5.82 Å². The van der Waals surface area contributed by atoms with Gasteiger partial charge in [0.25, 0.3) is 0 Å². The highest BCUT2D eigenvalue weighted by atomic mass is 19.1. The molecule has 2 N–H and O–H groups in total. The van der Waals surface area contributed by atoms with Crippen LogP contribution in [0.4, 0.5) is 4.39 Å². The van der Waals surface area contributed by atoms with Crippen molar-refractivity contribution in [1.82, 2.24) is 4.98 Å². The molecule has 0 aliphatic rings. The maximum Gasteiger partial charge on any atom is 0.149 e. The Morgan fingerprint density at radius 2 is 2.18 bits per heavy atom. The lowest BCUT2D eigenvalue weighted by molar-refractivity contribution is 0.415. The molecule has 0 spiro atoms. The van der Waals surface area contributed by atoms with Crippen LogP contribution in [-0.2, 0) is 6.54 Å². The van der Waals surface area contributed by atoms with Crippen LogP contribution < -0.4 is 10.5 Å².